The molecule has 194 valence electrons. The average Bonchev–Trinajstić information content (AvgIpc) is 3.26. The summed E-state index contributed by atoms with van der Waals surface area (Å²) in [5.41, 5.74) is 1.50. The number of benzene rings is 1. The number of alkyl halides is 3. The molecule has 3 heterocycles. The Morgan fingerprint density at radius 1 is 1.11 bits per heavy atom. The largest absolute Gasteiger partial charge is 0.416 e. The smallest absolute Gasteiger partial charge is 0.340 e. The lowest BCUT2D eigenvalue weighted by Gasteiger charge is -2.34. The SMILES string of the molecule is CSc1nc2nc(C)c(CCC(=O)N3CCN(S(=O)(=O)c4cccc(C(F)(F)F)c4)CC3)c(C)n2n1. The number of thioether (sulfide) groups is 1. The Morgan fingerprint density at radius 2 is 1.81 bits per heavy atom. The van der Waals surface area contributed by atoms with E-state index in [9.17, 15) is 26.4 Å². The van der Waals surface area contributed by atoms with Crippen LogP contribution in [-0.2, 0) is 27.4 Å². The number of sulfonamides is 1. The Balaban J connectivity index is 1.39. The van der Waals surface area contributed by atoms with Crippen LogP contribution in [0.4, 0.5) is 13.2 Å². The van der Waals surface area contributed by atoms with Crippen molar-refractivity contribution in [2.45, 2.75) is 42.9 Å². The zero-order chi connectivity index (χ0) is 26.3. The molecular formula is C22H25F3N6O3S2. The number of rotatable bonds is 6. The van der Waals surface area contributed by atoms with Crippen LogP contribution in [0.1, 0.15) is 28.9 Å². The number of carbonyl (C=O) groups is 1. The topological polar surface area (TPSA) is 101 Å². The first-order valence-electron chi connectivity index (χ1n) is 11.1. The van der Waals surface area contributed by atoms with E-state index in [1.54, 1.807) is 9.42 Å². The summed E-state index contributed by atoms with van der Waals surface area (Å²) in [6.45, 7) is 4.09. The summed E-state index contributed by atoms with van der Waals surface area (Å²) in [5, 5.41) is 5.02. The molecule has 1 aliphatic rings. The average molecular weight is 543 g/mol. The molecule has 1 amide bonds. The Bertz CT molecular complexity index is 1400. The number of carbonyl (C=O) groups excluding carboxylic acids is 1. The molecule has 0 aliphatic carbocycles. The Morgan fingerprint density at radius 3 is 2.44 bits per heavy atom. The Kier molecular flexibility index (Phi) is 7.30. The fourth-order valence-corrected chi connectivity index (χ4v) is 5.99. The van der Waals surface area contributed by atoms with Crippen LogP contribution in [0.25, 0.3) is 5.78 Å². The molecule has 4 rings (SSSR count). The Hall–Kier alpha value is -2.71. The predicted molar refractivity (Wildman–Crippen MR) is 127 cm³/mol. The summed E-state index contributed by atoms with van der Waals surface area (Å²) in [7, 11) is -4.11. The third kappa shape index (κ3) is 5.20. The van der Waals surface area contributed by atoms with Crippen molar-refractivity contribution in [1.82, 2.24) is 28.8 Å². The summed E-state index contributed by atoms with van der Waals surface area (Å²) in [6, 6.07) is 3.69. The third-order valence-electron chi connectivity index (χ3n) is 6.19. The maximum atomic E-state index is 13.0. The molecule has 1 fully saturated rings. The van der Waals surface area contributed by atoms with Crippen molar-refractivity contribution < 1.29 is 26.4 Å². The second-order valence-electron chi connectivity index (χ2n) is 8.38. The molecule has 3 aromatic rings. The predicted octanol–water partition coefficient (Wildman–Crippen LogP) is 2.95. The van der Waals surface area contributed by atoms with Crippen molar-refractivity contribution in [3.05, 3.63) is 46.8 Å². The summed E-state index contributed by atoms with van der Waals surface area (Å²) < 4.78 is 67.6. The highest BCUT2D eigenvalue weighted by Crippen LogP contribution is 2.31. The molecule has 2 aromatic heterocycles. The maximum absolute atomic E-state index is 13.0. The summed E-state index contributed by atoms with van der Waals surface area (Å²) in [6.07, 6.45) is -2.12. The normalized spacial score (nSPS) is 15.6. The second-order valence-corrected chi connectivity index (χ2v) is 11.1. The van der Waals surface area contributed by atoms with Crippen LogP contribution in [0, 0.1) is 13.8 Å². The van der Waals surface area contributed by atoms with E-state index in [1.807, 2.05) is 20.1 Å². The molecular weight excluding hydrogens is 517 g/mol. The number of nitrogens with zero attached hydrogens (tertiary/aromatic N) is 6. The number of halogens is 3. The van der Waals surface area contributed by atoms with Crippen LogP contribution in [-0.4, -0.2) is 75.5 Å². The molecule has 1 saturated heterocycles. The number of piperazine rings is 1. The first-order valence-corrected chi connectivity index (χ1v) is 13.8. The summed E-state index contributed by atoms with van der Waals surface area (Å²) in [5.74, 6) is 0.371. The van der Waals surface area contributed by atoms with Gasteiger partial charge in [0.15, 0.2) is 0 Å². The third-order valence-corrected chi connectivity index (χ3v) is 8.62. The van der Waals surface area contributed by atoms with Gasteiger partial charge in [0, 0.05) is 44.0 Å². The van der Waals surface area contributed by atoms with Crippen molar-refractivity contribution >= 4 is 33.5 Å². The van der Waals surface area contributed by atoms with Gasteiger partial charge in [-0.05, 0) is 50.3 Å². The highest BCUT2D eigenvalue weighted by atomic mass is 32.2. The van der Waals surface area contributed by atoms with Gasteiger partial charge in [-0.3, -0.25) is 4.79 Å². The number of aromatic nitrogens is 4. The van der Waals surface area contributed by atoms with Gasteiger partial charge in [0.25, 0.3) is 5.78 Å². The van der Waals surface area contributed by atoms with Gasteiger partial charge in [0.1, 0.15) is 0 Å². The number of amides is 1. The van der Waals surface area contributed by atoms with E-state index < -0.39 is 26.7 Å². The molecule has 0 saturated carbocycles. The maximum Gasteiger partial charge on any atom is 0.416 e. The van der Waals surface area contributed by atoms with Crippen molar-refractivity contribution in [2.75, 3.05) is 32.4 Å². The van der Waals surface area contributed by atoms with E-state index in [0.29, 0.717) is 23.4 Å². The van der Waals surface area contributed by atoms with Crippen molar-refractivity contribution in [2.24, 2.45) is 0 Å². The monoisotopic (exact) mass is 542 g/mol. The van der Waals surface area contributed by atoms with Gasteiger partial charge in [0.05, 0.1) is 10.5 Å². The Labute approximate surface area is 210 Å². The van der Waals surface area contributed by atoms with Crippen LogP contribution in [0.3, 0.4) is 0 Å². The molecule has 0 radical (unpaired) electrons. The number of hydrogen-bond acceptors (Lipinski definition) is 7. The van der Waals surface area contributed by atoms with Crippen molar-refractivity contribution in [3.8, 4) is 0 Å². The van der Waals surface area contributed by atoms with Gasteiger partial charge in [-0.1, -0.05) is 17.8 Å². The van der Waals surface area contributed by atoms with Crippen LogP contribution in [0.2, 0.25) is 0 Å². The molecule has 0 N–H and O–H groups in total. The van der Waals surface area contributed by atoms with E-state index in [-0.39, 0.29) is 38.5 Å². The lowest BCUT2D eigenvalue weighted by atomic mass is 10.1. The van der Waals surface area contributed by atoms with Crippen LogP contribution < -0.4 is 0 Å². The first kappa shape index (κ1) is 26.4. The van der Waals surface area contributed by atoms with Crippen molar-refractivity contribution in [1.29, 1.82) is 0 Å². The lowest BCUT2D eigenvalue weighted by Crippen LogP contribution is -2.50. The summed E-state index contributed by atoms with van der Waals surface area (Å²) >= 11 is 1.41. The fourth-order valence-electron chi connectivity index (χ4n) is 4.19. The molecule has 0 spiro atoms. The molecule has 0 atom stereocenters. The highest BCUT2D eigenvalue weighted by Gasteiger charge is 2.34. The van der Waals surface area contributed by atoms with E-state index in [1.165, 1.54) is 11.8 Å². The number of hydrogen-bond donors (Lipinski definition) is 0. The minimum atomic E-state index is -4.64. The molecule has 36 heavy (non-hydrogen) atoms. The molecule has 9 nitrogen and oxygen atoms in total. The van der Waals surface area contributed by atoms with E-state index in [2.05, 4.69) is 15.1 Å². The number of fused-ring (bicyclic) bond motifs is 1. The zero-order valence-corrected chi connectivity index (χ0v) is 21.5. The standard InChI is InChI=1S/C22H25F3N6O3S2/c1-14-18(15(2)31-20(26-14)27-21(28-31)35-3)7-8-19(32)29-9-11-30(12-10-29)36(33,34)17-6-4-5-16(13-17)22(23,24)25/h4-6,13H,7-12H2,1-3H3. The molecule has 1 aromatic carbocycles. The first-order chi connectivity index (χ1) is 16.9. The van der Waals surface area contributed by atoms with Gasteiger partial charge in [-0.2, -0.15) is 22.5 Å². The molecule has 0 bridgehead atoms. The lowest BCUT2D eigenvalue weighted by molar-refractivity contribution is -0.137. The summed E-state index contributed by atoms with van der Waals surface area (Å²) in [4.78, 5) is 22.9. The highest BCUT2D eigenvalue weighted by molar-refractivity contribution is 7.98. The quantitative estimate of drug-likeness (QED) is 0.442. The fraction of sp³-hybridized carbons (Fsp3) is 0.455. The van der Waals surface area contributed by atoms with E-state index in [4.69, 9.17) is 0 Å². The second kappa shape index (κ2) is 9.98. The molecule has 14 heteroatoms. The van der Waals surface area contributed by atoms with Crippen LogP contribution in [0.5, 0.6) is 0 Å². The molecule has 0 unspecified atom stereocenters. The minimum absolute atomic E-state index is 0.00626. The van der Waals surface area contributed by atoms with Gasteiger partial charge in [-0.25, -0.2) is 17.9 Å². The van der Waals surface area contributed by atoms with E-state index in [0.717, 1.165) is 39.5 Å². The van der Waals surface area contributed by atoms with Crippen LogP contribution in [0.15, 0.2) is 34.3 Å². The zero-order valence-electron chi connectivity index (χ0n) is 19.9. The minimum Gasteiger partial charge on any atom is -0.340 e. The van der Waals surface area contributed by atoms with Gasteiger partial charge >= 0.3 is 6.18 Å². The van der Waals surface area contributed by atoms with E-state index >= 15 is 0 Å². The van der Waals surface area contributed by atoms with Crippen molar-refractivity contribution in [3.63, 3.8) is 0 Å². The van der Waals surface area contributed by atoms with Gasteiger partial charge in [-0.15, -0.1) is 5.10 Å². The van der Waals surface area contributed by atoms with Crippen LogP contribution >= 0.6 is 11.8 Å². The number of aryl methyl sites for hydroxylation is 2. The van der Waals surface area contributed by atoms with Gasteiger partial charge in [0.2, 0.25) is 21.1 Å². The van der Waals surface area contributed by atoms with Gasteiger partial charge < -0.3 is 4.90 Å². The molecule has 1 aliphatic heterocycles.